The quantitative estimate of drug-likeness (QED) is 0.622. The van der Waals surface area contributed by atoms with Crippen LogP contribution < -0.4 is 11.5 Å². The zero-order valence-electron chi connectivity index (χ0n) is 6.95. The summed E-state index contributed by atoms with van der Waals surface area (Å²) in [6.45, 7) is 1.98. The van der Waals surface area contributed by atoms with E-state index in [4.69, 9.17) is 9.90 Å². The van der Waals surface area contributed by atoms with Gasteiger partial charge >= 0.3 is 12.0 Å². The molecule has 0 aliphatic heterocycles. The monoisotopic (exact) mass is 198 g/mol. The summed E-state index contributed by atoms with van der Waals surface area (Å²) < 4.78 is 0. The van der Waals surface area contributed by atoms with Crippen LogP contribution in [0.3, 0.4) is 0 Å². The van der Waals surface area contributed by atoms with Crippen molar-refractivity contribution in [2.75, 3.05) is 0 Å². The Morgan fingerprint density at radius 3 is 1.75 bits per heavy atom. The molecule has 0 atom stereocenters. The summed E-state index contributed by atoms with van der Waals surface area (Å²) in [6, 6.07) is -0.833. The maximum atomic E-state index is 9.76. The fourth-order valence-electron chi connectivity index (χ4n) is 0.328. The molecule has 0 rings (SSSR count). The van der Waals surface area contributed by atoms with E-state index in [1.165, 1.54) is 0 Å². The first-order valence-corrected chi connectivity index (χ1v) is 3.27. The second kappa shape index (κ2) is 12.7. The number of carboxylic acids is 1. The number of carbonyl (C=O) groups excluding carboxylic acids is 1. The smallest absolute Gasteiger partial charge is 0.309 e. The van der Waals surface area contributed by atoms with Gasteiger partial charge in [0, 0.05) is 6.42 Å². The van der Waals surface area contributed by atoms with E-state index in [1.54, 1.807) is 0 Å². The van der Waals surface area contributed by atoms with Crippen molar-refractivity contribution in [1.82, 2.24) is 0 Å². The van der Waals surface area contributed by atoms with Crippen molar-refractivity contribution in [3.8, 4) is 0 Å². The first kappa shape index (κ1) is 17.2. The Balaban J connectivity index is -0.000000142. The van der Waals surface area contributed by atoms with E-state index in [0.29, 0.717) is 6.42 Å². The van der Waals surface area contributed by atoms with Crippen LogP contribution in [0, 0.1) is 0 Å². The fourth-order valence-corrected chi connectivity index (χ4v) is 0.328. The Labute approximate surface area is 77.5 Å². The number of unbranched alkanes of at least 4 members (excludes halogenated alkanes) is 1. The zero-order chi connectivity index (χ0) is 9.28. The molecular formula is C6H15ClN2O3. The number of carbonyl (C=O) groups is 2. The molecule has 0 aliphatic carbocycles. The molecular weight excluding hydrogens is 184 g/mol. The van der Waals surface area contributed by atoms with Gasteiger partial charge in [-0.2, -0.15) is 0 Å². The molecule has 74 valence electrons. The van der Waals surface area contributed by atoms with Crippen molar-refractivity contribution in [3.05, 3.63) is 0 Å². The molecule has 0 spiro atoms. The molecule has 5 nitrogen and oxygen atoms in total. The van der Waals surface area contributed by atoms with E-state index in [-0.39, 0.29) is 12.4 Å². The van der Waals surface area contributed by atoms with Crippen LogP contribution in [0.4, 0.5) is 4.79 Å². The summed E-state index contributed by atoms with van der Waals surface area (Å²) in [5.74, 6) is -0.693. The molecule has 0 aliphatic rings. The SMILES string of the molecule is CCCCC(=O)O.Cl.NC(N)=O. The molecule has 0 unspecified atom stereocenters. The third kappa shape index (κ3) is 63.4. The minimum Gasteiger partial charge on any atom is -0.481 e. The standard InChI is InChI=1S/C5H10O2.CH4N2O.ClH/c1-2-3-4-5(6)7;2-1(3)4;/h2-4H2,1H3,(H,6,7);(H4,2,3,4);1H. The minimum absolute atomic E-state index is 0. The molecule has 0 fully saturated rings. The molecule has 0 radical (unpaired) electrons. The molecule has 0 aromatic carbocycles. The second-order valence-corrected chi connectivity index (χ2v) is 1.90. The lowest BCUT2D eigenvalue weighted by Crippen LogP contribution is -2.18. The Morgan fingerprint density at radius 2 is 1.67 bits per heavy atom. The highest BCUT2D eigenvalue weighted by atomic mass is 35.5. The van der Waals surface area contributed by atoms with Crippen molar-refractivity contribution < 1.29 is 14.7 Å². The summed E-state index contributed by atoms with van der Waals surface area (Å²) in [5, 5.41) is 8.04. The largest absolute Gasteiger partial charge is 0.481 e. The van der Waals surface area contributed by atoms with Crippen molar-refractivity contribution in [1.29, 1.82) is 0 Å². The van der Waals surface area contributed by atoms with Gasteiger partial charge in [-0.3, -0.25) is 4.79 Å². The maximum absolute atomic E-state index is 9.76. The number of amides is 2. The second-order valence-electron chi connectivity index (χ2n) is 1.90. The Kier molecular flexibility index (Phi) is 18.2. The molecule has 0 saturated carbocycles. The zero-order valence-corrected chi connectivity index (χ0v) is 7.76. The average Bonchev–Trinajstić information content (AvgIpc) is 1.82. The first-order chi connectivity index (χ1) is 5.00. The van der Waals surface area contributed by atoms with Crippen molar-refractivity contribution in [3.63, 3.8) is 0 Å². The highest BCUT2D eigenvalue weighted by Crippen LogP contribution is 1.91. The number of hydrogen-bond donors (Lipinski definition) is 3. The van der Waals surface area contributed by atoms with Crippen LogP contribution in [0.15, 0.2) is 0 Å². The molecule has 0 aromatic heterocycles. The van der Waals surface area contributed by atoms with Gasteiger partial charge in [0.2, 0.25) is 0 Å². The van der Waals surface area contributed by atoms with Crippen LogP contribution in [0.5, 0.6) is 0 Å². The lowest BCUT2D eigenvalue weighted by atomic mass is 10.3. The lowest BCUT2D eigenvalue weighted by molar-refractivity contribution is -0.137. The van der Waals surface area contributed by atoms with Crippen LogP contribution in [-0.2, 0) is 4.79 Å². The van der Waals surface area contributed by atoms with E-state index < -0.39 is 12.0 Å². The highest BCUT2D eigenvalue weighted by Gasteiger charge is 1.90. The molecule has 0 aromatic rings. The van der Waals surface area contributed by atoms with E-state index in [2.05, 4.69) is 11.5 Å². The van der Waals surface area contributed by atoms with Gasteiger partial charge in [-0.1, -0.05) is 13.3 Å². The number of rotatable bonds is 3. The predicted octanol–water partition coefficient (Wildman–Crippen LogP) is 0.707. The van der Waals surface area contributed by atoms with Gasteiger partial charge in [0.15, 0.2) is 0 Å². The van der Waals surface area contributed by atoms with Gasteiger partial charge in [0.05, 0.1) is 0 Å². The third-order valence-electron chi connectivity index (χ3n) is 0.744. The Morgan fingerprint density at radius 1 is 1.33 bits per heavy atom. The number of carboxylic acid groups (broad SMARTS) is 1. The Hall–Kier alpha value is -0.970. The number of halogens is 1. The third-order valence-corrected chi connectivity index (χ3v) is 0.744. The number of hydrogen-bond acceptors (Lipinski definition) is 2. The van der Waals surface area contributed by atoms with Gasteiger partial charge in [-0.05, 0) is 6.42 Å². The molecule has 2 amide bonds. The normalized spacial score (nSPS) is 7.08. The fraction of sp³-hybridized carbons (Fsp3) is 0.667. The van der Waals surface area contributed by atoms with Crippen LogP contribution >= 0.6 is 12.4 Å². The summed E-state index contributed by atoms with van der Waals surface area (Å²) in [6.07, 6.45) is 2.08. The van der Waals surface area contributed by atoms with Crippen molar-refractivity contribution in [2.24, 2.45) is 11.5 Å². The van der Waals surface area contributed by atoms with Gasteiger partial charge in [-0.15, -0.1) is 12.4 Å². The lowest BCUT2D eigenvalue weighted by Gasteiger charge is -1.85. The van der Waals surface area contributed by atoms with Gasteiger partial charge in [0.25, 0.3) is 0 Å². The molecule has 0 bridgehead atoms. The summed E-state index contributed by atoms with van der Waals surface area (Å²) in [4.78, 5) is 18.8. The van der Waals surface area contributed by atoms with Crippen LogP contribution in [0.25, 0.3) is 0 Å². The molecule has 0 heterocycles. The highest BCUT2D eigenvalue weighted by molar-refractivity contribution is 5.85. The van der Waals surface area contributed by atoms with Crippen molar-refractivity contribution >= 4 is 24.4 Å². The number of nitrogens with two attached hydrogens (primary N) is 2. The molecule has 5 N–H and O–H groups in total. The van der Waals surface area contributed by atoms with Crippen molar-refractivity contribution in [2.45, 2.75) is 26.2 Å². The predicted molar refractivity (Wildman–Crippen MR) is 48.2 cm³/mol. The first-order valence-electron chi connectivity index (χ1n) is 3.27. The summed E-state index contributed by atoms with van der Waals surface area (Å²) in [7, 11) is 0. The van der Waals surface area contributed by atoms with Crippen LogP contribution in [0.1, 0.15) is 26.2 Å². The van der Waals surface area contributed by atoms with E-state index >= 15 is 0 Å². The summed E-state index contributed by atoms with van der Waals surface area (Å²) in [5.41, 5.74) is 8.50. The number of aliphatic carboxylic acids is 1. The van der Waals surface area contributed by atoms with E-state index in [9.17, 15) is 4.79 Å². The number of primary amides is 2. The van der Waals surface area contributed by atoms with Gasteiger partial charge < -0.3 is 16.6 Å². The summed E-state index contributed by atoms with van der Waals surface area (Å²) >= 11 is 0. The topological polar surface area (TPSA) is 106 Å². The van der Waals surface area contributed by atoms with E-state index in [1.807, 2.05) is 6.92 Å². The minimum atomic E-state index is -0.833. The van der Waals surface area contributed by atoms with Crippen LogP contribution in [-0.4, -0.2) is 17.1 Å². The Bertz CT molecular complexity index is 126. The molecule has 6 heteroatoms. The molecule has 12 heavy (non-hydrogen) atoms. The van der Waals surface area contributed by atoms with Gasteiger partial charge in [0.1, 0.15) is 0 Å². The molecule has 0 saturated heterocycles. The van der Waals surface area contributed by atoms with E-state index in [0.717, 1.165) is 12.8 Å². The van der Waals surface area contributed by atoms with Crippen LogP contribution in [0.2, 0.25) is 0 Å². The average molecular weight is 199 g/mol. The van der Waals surface area contributed by atoms with Gasteiger partial charge in [-0.25, -0.2) is 4.79 Å². The number of urea groups is 1. The maximum Gasteiger partial charge on any atom is 0.309 e.